The normalized spacial score (nSPS) is 32.4. The van der Waals surface area contributed by atoms with Gasteiger partial charge in [-0.2, -0.15) is 0 Å². The summed E-state index contributed by atoms with van der Waals surface area (Å²) in [5, 5.41) is 10.7. The van der Waals surface area contributed by atoms with Gasteiger partial charge in [0.1, 0.15) is 0 Å². The molecule has 1 aromatic carbocycles. The van der Waals surface area contributed by atoms with Crippen LogP contribution in [0.15, 0.2) is 36.8 Å². The third-order valence-corrected chi connectivity index (χ3v) is 5.95. The summed E-state index contributed by atoms with van der Waals surface area (Å²) in [4.78, 5) is 4.31. The molecule has 2 fully saturated rings. The first kappa shape index (κ1) is 11.1. The van der Waals surface area contributed by atoms with Crippen molar-refractivity contribution in [2.45, 2.75) is 37.8 Å². The zero-order valence-corrected chi connectivity index (χ0v) is 11.4. The van der Waals surface area contributed by atoms with Gasteiger partial charge in [-0.3, -0.25) is 0 Å². The summed E-state index contributed by atoms with van der Waals surface area (Å²) in [5.41, 5.74) is 4.12. The Morgan fingerprint density at radius 3 is 2.85 bits per heavy atom. The molecule has 5 rings (SSSR count). The molecule has 0 saturated heterocycles. The van der Waals surface area contributed by atoms with E-state index in [-0.39, 0.29) is 17.6 Å². The van der Waals surface area contributed by atoms with Crippen LogP contribution in [0.5, 0.6) is 0 Å². The zero-order chi connectivity index (χ0) is 13.3. The van der Waals surface area contributed by atoms with Crippen LogP contribution in [0.4, 0.5) is 0 Å². The van der Waals surface area contributed by atoms with Crippen molar-refractivity contribution in [3.8, 4) is 11.3 Å². The number of aromatic nitrogens is 2. The number of hydrogen-bond donors (Lipinski definition) is 1. The van der Waals surface area contributed by atoms with E-state index in [2.05, 4.69) is 33.8 Å². The SMILES string of the molecule is O[C@H]1[C@H]([C@@H]2c3ccccc3-c3cncn32)CC12CCC2. The molecule has 20 heavy (non-hydrogen) atoms. The second-order valence-corrected chi connectivity index (χ2v) is 6.75. The van der Waals surface area contributed by atoms with Gasteiger partial charge in [-0.15, -0.1) is 0 Å². The molecule has 0 radical (unpaired) electrons. The number of aliphatic hydroxyl groups excluding tert-OH is 1. The molecular formula is C17H18N2O. The Morgan fingerprint density at radius 1 is 1.25 bits per heavy atom. The zero-order valence-electron chi connectivity index (χ0n) is 11.4. The molecule has 0 amide bonds. The van der Waals surface area contributed by atoms with Crippen LogP contribution < -0.4 is 0 Å². The van der Waals surface area contributed by atoms with Crippen LogP contribution in [-0.4, -0.2) is 20.8 Å². The van der Waals surface area contributed by atoms with Crippen molar-refractivity contribution in [3.05, 3.63) is 42.4 Å². The lowest BCUT2D eigenvalue weighted by molar-refractivity contribution is -0.173. The molecule has 102 valence electrons. The van der Waals surface area contributed by atoms with Crippen LogP contribution in [0.3, 0.4) is 0 Å². The first-order valence-electron chi connectivity index (χ1n) is 7.59. The molecule has 3 aliphatic rings. The van der Waals surface area contributed by atoms with Gasteiger partial charge in [-0.1, -0.05) is 30.7 Å². The number of hydrogen-bond acceptors (Lipinski definition) is 2. The Bertz CT molecular complexity index is 686. The molecule has 1 spiro atoms. The number of rotatable bonds is 1. The van der Waals surface area contributed by atoms with Crippen LogP contribution >= 0.6 is 0 Å². The van der Waals surface area contributed by atoms with Crippen LogP contribution in [-0.2, 0) is 0 Å². The lowest BCUT2D eigenvalue weighted by Crippen LogP contribution is -2.58. The molecule has 2 heterocycles. The van der Waals surface area contributed by atoms with Crippen molar-refractivity contribution in [1.29, 1.82) is 0 Å². The molecule has 2 aromatic rings. The molecule has 1 N–H and O–H groups in total. The molecule has 0 bridgehead atoms. The fourth-order valence-electron chi connectivity index (χ4n) is 4.72. The fourth-order valence-corrected chi connectivity index (χ4v) is 4.72. The standard InChI is InChI=1S/C17H18N2O/c20-16-13(8-17(16)6-3-7-17)15-12-5-2-1-4-11(12)14-9-18-10-19(14)15/h1-2,4-5,9-10,13,15-16,20H,3,6-8H2/t13-,15-,16-/m0/s1. The molecule has 1 aliphatic heterocycles. The third-order valence-electron chi connectivity index (χ3n) is 5.95. The summed E-state index contributed by atoms with van der Waals surface area (Å²) < 4.78 is 2.27. The predicted molar refractivity (Wildman–Crippen MR) is 76.2 cm³/mol. The van der Waals surface area contributed by atoms with Gasteiger partial charge in [0.25, 0.3) is 0 Å². The van der Waals surface area contributed by atoms with E-state index in [4.69, 9.17) is 0 Å². The Hall–Kier alpha value is -1.61. The van der Waals surface area contributed by atoms with Crippen LogP contribution in [0, 0.1) is 11.3 Å². The first-order valence-corrected chi connectivity index (χ1v) is 7.59. The Balaban J connectivity index is 1.59. The van der Waals surface area contributed by atoms with Crippen LogP contribution in [0.2, 0.25) is 0 Å². The number of fused-ring (bicyclic) bond motifs is 3. The minimum Gasteiger partial charge on any atom is -0.392 e. The quantitative estimate of drug-likeness (QED) is 0.861. The minimum atomic E-state index is -0.136. The fraction of sp³-hybridized carbons (Fsp3) is 0.471. The largest absolute Gasteiger partial charge is 0.392 e. The van der Waals surface area contributed by atoms with Crippen LogP contribution in [0.1, 0.15) is 37.3 Å². The van der Waals surface area contributed by atoms with E-state index >= 15 is 0 Å². The van der Waals surface area contributed by atoms with Crippen molar-refractivity contribution in [2.75, 3.05) is 0 Å². The average Bonchev–Trinajstić information content (AvgIpc) is 2.98. The minimum absolute atomic E-state index is 0.136. The Morgan fingerprint density at radius 2 is 2.10 bits per heavy atom. The molecule has 3 nitrogen and oxygen atoms in total. The lowest BCUT2D eigenvalue weighted by Gasteiger charge is -2.60. The average molecular weight is 266 g/mol. The Kier molecular flexibility index (Phi) is 1.96. The monoisotopic (exact) mass is 266 g/mol. The van der Waals surface area contributed by atoms with E-state index in [1.54, 1.807) is 0 Å². The predicted octanol–water partition coefficient (Wildman–Crippen LogP) is 3.00. The van der Waals surface area contributed by atoms with Gasteiger partial charge in [0.2, 0.25) is 0 Å². The highest BCUT2D eigenvalue weighted by molar-refractivity contribution is 5.69. The Labute approximate surface area is 118 Å². The molecular weight excluding hydrogens is 248 g/mol. The number of nitrogens with zero attached hydrogens (tertiary/aromatic N) is 2. The van der Waals surface area contributed by atoms with E-state index in [0.29, 0.717) is 5.92 Å². The van der Waals surface area contributed by atoms with Crippen LogP contribution in [0.25, 0.3) is 11.3 Å². The number of imidazole rings is 1. The number of aliphatic hydroxyl groups is 1. The first-order chi connectivity index (χ1) is 9.80. The highest BCUT2D eigenvalue weighted by atomic mass is 16.3. The summed E-state index contributed by atoms with van der Waals surface area (Å²) >= 11 is 0. The van der Waals surface area contributed by atoms with Crippen molar-refractivity contribution in [1.82, 2.24) is 9.55 Å². The molecule has 3 heteroatoms. The maximum atomic E-state index is 10.7. The van der Waals surface area contributed by atoms with E-state index < -0.39 is 0 Å². The molecule has 0 unspecified atom stereocenters. The maximum absolute atomic E-state index is 10.7. The van der Waals surface area contributed by atoms with E-state index in [0.717, 1.165) is 0 Å². The maximum Gasteiger partial charge on any atom is 0.0956 e. The topological polar surface area (TPSA) is 38.1 Å². The molecule has 2 aliphatic carbocycles. The smallest absolute Gasteiger partial charge is 0.0956 e. The van der Waals surface area contributed by atoms with Gasteiger partial charge in [-0.25, -0.2) is 4.98 Å². The van der Waals surface area contributed by atoms with Crippen molar-refractivity contribution in [3.63, 3.8) is 0 Å². The van der Waals surface area contributed by atoms with E-state index in [9.17, 15) is 5.11 Å². The van der Waals surface area contributed by atoms with Gasteiger partial charge in [-0.05, 0) is 30.2 Å². The third kappa shape index (κ3) is 1.14. The number of benzene rings is 1. The summed E-state index contributed by atoms with van der Waals surface area (Å²) in [6.07, 6.45) is 8.64. The summed E-state index contributed by atoms with van der Waals surface area (Å²) in [7, 11) is 0. The van der Waals surface area contributed by atoms with Gasteiger partial charge in [0, 0.05) is 11.5 Å². The molecule has 2 saturated carbocycles. The van der Waals surface area contributed by atoms with Gasteiger partial charge in [0.15, 0.2) is 0 Å². The summed E-state index contributed by atoms with van der Waals surface area (Å²) in [6.45, 7) is 0. The van der Waals surface area contributed by atoms with Gasteiger partial charge in [0.05, 0.1) is 30.4 Å². The van der Waals surface area contributed by atoms with Gasteiger partial charge >= 0.3 is 0 Å². The van der Waals surface area contributed by atoms with Gasteiger partial charge < -0.3 is 9.67 Å². The summed E-state index contributed by atoms with van der Waals surface area (Å²) in [6, 6.07) is 8.86. The highest BCUT2D eigenvalue weighted by Crippen LogP contribution is 2.63. The molecule has 1 aromatic heterocycles. The van der Waals surface area contributed by atoms with E-state index in [1.807, 2.05) is 12.5 Å². The van der Waals surface area contributed by atoms with Crippen molar-refractivity contribution in [2.24, 2.45) is 11.3 Å². The lowest BCUT2D eigenvalue weighted by atomic mass is 9.48. The van der Waals surface area contributed by atoms with Crippen molar-refractivity contribution >= 4 is 0 Å². The second kappa shape index (κ2) is 3.53. The second-order valence-electron chi connectivity index (χ2n) is 6.75. The van der Waals surface area contributed by atoms with E-state index in [1.165, 1.54) is 42.5 Å². The summed E-state index contributed by atoms with van der Waals surface area (Å²) in [5.74, 6) is 0.354. The van der Waals surface area contributed by atoms with Crippen molar-refractivity contribution < 1.29 is 5.11 Å². The highest BCUT2D eigenvalue weighted by Gasteiger charge is 2.59. The molecule has 3 atom stereocenters.